The van der Waals surface area contributed by atoms with Crippen molar-refractivity contribution in [3.05, 3.63) is 23.7 Å². The third-order valence-electron chi connectivity index (χ3n) is 2.63. The van der Waals surface area contributed by atoms with Gasteiger partial charge in [-0.25, -0.2) is 0 Å². The summed E-state index contributed by atoms with van der Waals surface area (Å²) in [6, 6.07) is 3.41. The molecule has 0 aromatic carbocycles. The summed E-state index contributed by atoms with van der Waals surface area (Å²) >= 11 is 1.69. The molecule has 1 fully saturated rings. The summed E-state index contributed by atoms with van der Waals surface area (Å²) in [4.78, 5) is 10.9. The summed E-state index contributed by atoms with van der Waals surface area (Å²) in [6.45, 7) is 2.03. The molecule has 0 spiro atoms. The number of rotatable bonds is 3. The second kappa shape index (κ2) is 4.93. The second-order valence-electron chi connectivity index (χ2n) is 3.75. The Balaban J connectivity index is 2.06. The lowest BCUT2D eigenvalue weighted by Gasteiger charge is -2.26. The van der Waals surface area contributed by atoms with Gasteiger partial charge in [0.2, 0.25) is 0 Å². The minimum atomic E-state index is -0.785. The zero-order valence-corrected chi connectivity index (χ0v) is 9.92. The molecule has 4 nitrogen and oxygen atoms in total. The lowest BCUT2D eigenvalue weighted by Crippen LogP contribution is -2.41. The van der Waals surface area contributed by atoms with Gasteiger partial charge in [0.1, 0.15) is 22.9 Å². The Labute approximate surface area is 98.4 Å². The molecule has 2 N–H and O–H groups in total. The van der Waals surface area contributed by atoms with Crippen LogP contribution in [0.25, 0.3) is 0 Å². The minimum Gasteiger partial charge on any atom is -0.480 e. The molecule has 0 bridgehead atoms. The van der Waals surface area contributed by atoms with Gasteiger partial charge in [0.05, 0.1) is 0 Å². The molecule has 88 valence electrons. The van der Waals surface area contributed by atoms with Crippen molar-refractivity contribution >= 4 is 17.7 Å². The lowest BCUT2D eigenvalue weighted by molar-refractivity contribution is -0.139. The average Bonchev–Trinajstić information content (AvgIpc) is 2.77. The number of thioether (sulfide) groups is 1. The maximum atomic E-state index is 10.9. The van der Waals surface area contributed by atoms with E-state index in [-0.39, 0.29) is 5.37 Å². The molecule has 2 atom stereocenters. The highest BCUT2D eigenvalue weighted by molar-refractivity contribution is 7.99. The Bertz CT molecular complexity index is 377. The molecule has 0 aliphatic carbocycles. The molecule has 1 aromatic heterocycles. The zero-order valence-electron chi connectivity index (χ0n) is 9.10. The van der Waals surface area contributed by atoms with Crippen LogP contribution in [-0.2, 0) is 11.2 Å². The predicted octanol–water partition coefficient (Wildman–Crippen LogP) is 2.02. The largest absolute Gasteiger partial charge is 0.480 e. The first-order chi connectivity index (χ1) is 7.70. The molecule has 0 saturated carbocycles. The van der Waals surface area contributed by atoms with Crippen LogP contribution in [-0.4, -0.2) is 22.9 Å². The Morgan fingerprint density at radius 2 is 2.50 bits per heavy atom. The van der Waals surface area contributed by atoms with Gasteiger partial charge >= 0.3 is 5.97 Å². The number of aryl methyl sites for hydroxylation is 1. The molecule has 2 heterocycles. The van der Waals surface area contributed by atoms with Gasteiger partial charge in [-0.15, -0.1) is 11.8 Å². The van der Waals surface area contributed by atoms with Gasteiger partial charge in [0, 0.05) is 6.42 Å². The van der Waals surface area contributed by atoms with Gasteiger partial charge < -0.3 is 9.52 Å². The van der Waals surface area contributed by atoms with E-state index in [1.54, 1.807) is 11.8 Å². The van der Waals surface area contributed by atoms with Crippen molar-refractivity contribution in [1.82, 2.24) is 5.32 Å². The first-order valence-corrected chi connectivity index (χ1v) is 6.44. The van der Waals surface area contributed by atoms with Crippen molar-refractivity contribution in [3.63, 3.8) is 0 Å². The maximum absolute atomic E-state index is 10.9. The van der Waals surface area contributed by atoms with Crippen molar-refractivity contribution < 1.29 is 14.3 Å². The minimum absolute atomic E-state index is 0.0323. The maximum Gasteiger partial charge on any atom is 0.320 e. The van der Waals surface area contributed by atoms with Crippen molar-refractivity contribution in [2.75, 3.05) is 5.75 Å². The van der Waals surface area contributed by atoms with Crippen molar-refractivity contribution in [2.24, 2.45) is 0 Å². The molecule has 2 unspecified atom stereocenters. The topological polar surface area (TPSA) is 62.5 Å². The average molecular weight is 241 g/mol. The number of furan rings is 1. The van der Waals surface area contributed by atoms with Crippen molar-refractivity contribution in [2.45, 2.75) is 31.2 Å². The Hall–Kier alpha value is -0.940. The predicted molar refractivity (Wildman–Crippen MR) is 62.5 cm³/mol. The normalized spacial score (nSPS) is 25.6. The molecule has 1 aliphatic rings. The smallest absolute Gasteiger partial charge is 0.320 e. The standard InChI is InChI=1S/C11H15NO3S/c1-2-7-3-4-9(15-7)10-12-8(11(13)14)5-6-16-10/h3-4,8,10,12H,2,5-6H2,1H3,(H,13,14). The van der Waals surface area contributed by atoms with Crippen LogP contribution in [0.1, 0.15) is 30.2 Å². The molecule has 1 aromatic rings. The van der Waals surface area contributed by atoms with E-state index >= 15 is 0 Å². The SMILES string of the molecule is CCc1ccc(C2NC(C(=O)O)CCS2)o1. The molecular weight excluding hydrogens is 226 g/mol. The van der Waals surface area contributed by atoms with Gasteiger partial charge in [-0.1, -0.05) is 6.92 Å². The van der Waals surface area contributed by atoms with E-state index in [4.69, 9.17) is 9.52 Å². The molecule has 2 rings (SSSR count). The number of nitrogens with one attached hydrogen (secondary N) is 1. The van der Waals surface area contributed by atoms with E-state index < -0.39 is 12.0 Å². The quantitative estimate of drug-likeness (QED) is 0.847. The number of hydrogen-bond donors (Lipinski definition) is 2. The molecule has 0 amide bonds. The third-order valence-corrected chi connectivity index (χ3v) is 3.80. The van der Waals surface area contributed by atoms with Gasteiger partial charge in [-0.05, 0) is 24.3 Å². The molecule has 5 heteroatoms. The van der Waals surface area contributed by atoms with Gasteiger partial charge in [-0.3, -0.25) is 10.1 Å². The van der Waals surface area contributed by atoms with E-state index in [0.717, 1.165) is 23.7 Å². The fraction of sp³-hybridized carbons (Fsp3) is 0.545. The molecule has 16 heavy (non-hydrogen) atoms. The summed E-state index contributed by atoms with van der Waals surface area (Å²) < 4.78 is 5.62. The van der Waals surface area contributed by atoms with E-state index in [2.05, 4.69) is 5.32 Å². The van der Waals surface area contributed by atoms with Crippen LogP contribution in [0.15, 0.2) is 16.5 Å². The van der Waals surface area contributed by atoms with Crippen LogP contribution in [0.3, 0.4) is 0 Å². The van der Waals surface area contributed by atoms with E-state index in [1.807, 2.05) is 19.1 Å². The molecule has 1 saturated heterocycles. The number of carbonyl (C=O) groups is 1. The molecular formula is C11H15NO3S. The lowest BCUT2D eigenvalue weighted by atomic mass is 10.2. The summed E-state index contributed by atoms with van der Waals surface area (Å²) in [5.41, 5.74) is 0. The molecule has 1 aliphatic heterocycles. The highest BCUT2D eigenvalue weighted by Crippen LogP contribution is 2.32. The first-order valence-electron chi connectivity index (χ1n) is 5.39. The Morgan fingerprint density at radius 3 is 3.12 bits per heavy atom. The monoisotopic (exact) mass is 241 g/mol. The molecule has 0 radical (unpaired) electrons. The summed E-state index contributed by atoms with van der Waals surface area (Å²) in [6.07, 6.45) is 1.53. The fourth-order valence-electron chi connectivity index (χ4n) is 1.70. The van der Waals surface area contributed by atoms with E-state index in [1.165, 1.54) is 0 Å². The number of carboxylic acids is 1. The highest BCUT2D eigenvalue weighted by atomic mass is 32.2. The van der Waals surface area contributed by atoms with Crippen LogP contribution >= 0.6 is 11.8 Å². The van der Waals surface area contributed by atoms with Crippen LogP contribution in [0.5, 0.6) is 0 Å². The summed E-state index contributed by atoms with van der Waals surface area (Å²) in [7, 11) is 0. The van der Waals surface area contributed by atoms with Crippen molar-refractivity contribution in [1.29, 1.82) is 0 Å². The summed E-state index contributed by atoms with van der Waals surface area (Å²) in [5, 5.41) is 12.0. The van der Waals surface area contributed by atoms with E-state index in [9.17, 15) is 4.79 Å². The Kier molecular flexibility index (Phi) is 3.56. The van der Waals surface area contributed by atoms with Crippen LogP contribution < -0.4 is 5.32 Å². The number of carboxylic acid groups (broad SMARTS) is 1. The number of hydrogen-bond acceptors (Lipinski definition) is 4. The Morgan fingerprint density at radius 1 is 1.69 bits per heavy atom. The third kappa shape index (κ3) is 2.41. The van der Waals surface area contributed by atoms with Gasteiger partial charge in [0.25, 0.3) is 0 Å². The zero-order chi connectivity index (χ0) is 11.5. The highest BCUT2D eigenvalue weighted by Gasteiger charge is 2.28. The second-order valence-corrected chi connectivity index (χ2v) is 4.97. The van der Waals surface area contributed by atoms with Gasteiger partial charge in [0.15, 0.2) is 0 Å². The number of aliphatic carboxylic acids is 1. The van der Waals surface area contributed by atoms with Crippen LogP contribution in [0, 0.1) is 0 Å². The van der Waals surface area contributed by atoms with Gasteiger partial charge in [-0.2, -0.15) is 0 Å². The van der Waals surface area contributed by atoms with E-state index in [0.29, 0.717) is 6.42 Å². The fourth-order valence-corrected chi connectivity index (χ4v) is 2.86. The van der Waals surface area contributed by atoms with Crippen LogP contribution in [0.4, 0.5) is 0 Å². The first kappa shape index (κ1) is 11.5. The summed E-state index contributed by atoms with van der Waals surface area (Å²) in [5.74, 6) is 1.83. The van der Waals surface area contributed by atoms with Crippen molar-refractivity contribution in [3.8, 4) is 0 Å². The van der Waals surface area contributed by atoms with Crippen LogP contribution in [0.2, 0.25) is 0 Å².